The van der Waals surface area contributed by atoms with Crippen LogP contribution < -0.4 is 5.73 Å². The second-order valence-electron chi connectivity index (χ2n) is 4.59. The van der Waals surface area contributed by atoms with Crippen molar-refractivity contribution in [1.82, 2.24) is 4.90 Å². The highest BCUT2D eigenvalue weighted by Crippen LogP contribution is 2.13. The van der Waals surface area contributed by atoms with E-state index < -0.39 is 0 Å². The normalized spacial score (nSPS) is 12.2. The smallest absolute Gasteiger partial charge is 0.222 e. The maximum atomic E-state index is 12.0. The van der Waals surface area contributed by atoms with Crippen LogP contribution in [0.25, 0.3) is 0 Å². The van der Waals surface area contributed by atoms with Crippen LogP contribution in [0.1, 0.15) is 25.3 Å². The van der Waals surface area contributed by atoms with Gasteiger partial charge in [-0.1, -0.05) is 41.4 Å². The van der Waals surface area contributed by atoms with E-state index in [1.165, 1.54) is 0 Å². The molecule has 1 aromatic rings. The quantitative estimate of drug-likeness (QED) is 0.878. The molecule has 0 aliphatic heterocycles. The monoisotopic (exact) mass is 312 g/mol. The summed E-state index contributed by atoms with van der Waals surface area (Å²) in [6, 6.07) is 8.02. The maximum Gasteiger partial charge on any atom is 0.222 e. The van der Waals surface area contributed by atoms with Crippen LogP contribution in [0.2, 0.25) is 0 Å². The van der Waals surface area contributed by atoms with E-state index >= 15 is 0 Å². The Morgan fingerprint density at radius 2 is 2.00 bits per heavy atom. The van der Waals surface area contributed by atoms with Gasteiger partial charge in [0.25, 0.3) is 0 Å². The van der Waals surface area contributed by atoms with E-state index in [1.54, 1.807) is 4.90 Å². The minimum Gasteiger partial charge on any atom is -0.341 e. The third kappa shape index (κ3) is 4.78. The van der Waals surface area contributed by atoms with E-state index in [-0.39, 0.29) is 5.91 Å². The number of hydrogen-bond donors (Lipinski definition) is 1. The van der Waals surface area contributed by atoms with Gasteiger partial charge in [0.1, 0.15) is 0 Å². The number of halogens is 1. The third-order valence-electron chi connectivity index (χ3n) is 3.13. The third-order valence-corrected chi connectivity index (χ3v) is 3.66. The molecule has 1 amide bonds. The van der Waals surface area contributed by atoms with Crippen molar-refractivity contribution in [3.8, 4) is 0 Å². The molecule has 100 valence electrons. The summed E-state index contributed by atoms with van der Waals surface area (Å²) in [6.07, 6.45) is 1.49. The highest BCUT2D eigenvalue weighted by molar-refractivity contribution is 9.10. The average Bonchev–Trinajstić information content (AvgIpc) is 2.38. The number of nitrogens with two attached hydrogens (primary N) is 1. The van der Waals surface area contributed by atoms with Crippen LogP contribution in [-0.2, 0) is 11.3 Å². The van der Waals surface area contributed by atoms with Crippen molar-refractivity contribution in [2.24, 2.45) is 11.7 Å². The van der Waals surface area contributed by atoms with Gasteiger partial charge in [-0.05, 0) is 30.2 Å². The molecule has 18 heavy (non-hydrogen) atoms. The van der Waals surface area contributed by atoms with E-state index in [0.717, 1.165) is 16.5 Å². The zero-order valence-corrected chi connectivity index (χ0v) is 12.6. The molecule has 3 nitrogen and oxygen atoms in total. The molecule has 0 heterocycles. The molecule has 0 fully saturated rings. The Bertz CT molecular complexity index is 374. The molecule has 0 saturated heterocycles. The fourth-order valence-corrected chi connectivity index (χ4v) is 2.01. The first-order valence-electron chi connectivity index (χ1n) is 6.25. The van der Waals surface area contributed by atoms with Gasteiger partial charge in [0.2, 0.25) is 5.91 Å². The first-order chi connectivity index (χ1) is 8.56. The second kappa shape index (κ2) is 7.54. The standard InChI is InChI=1S/C14H21BrN2O/c1-3-11(9-16)8-14(18)17(2)10-12-4-6-13(15)7-5-12/h4-7,11H,3,8-10,16H2,1-2H3. The molecule has 1 rings (SSSR count). The van der Waals surface area contributed by atoms with E-state index in [1.807, 2.05) is 31.3 Å². The van der Waals surface area contributed by atoms with Crippen LogP contribution in [0, 0.1) is 5.92 Å². The Kier molecular flexibility index (Phi) is 6.36. The Hall–Kier alpha value is -0.870. The van der Waals surface area contributed by atoms with Crippen LogP contribution in [0.4, 0.5) is 0 Å². The summed E-state index contributed by atoms with van der Waals surface area (Å²) in [6.45, 7) is 3.29. The van der Waals surface area contributed by atoms with Crippen molar-refractivity contribution in [2.45, 2.75) is 26.3 Å². The highest BCUT2D eigenvalue weighted by Gasteiger charge is 2.14. The largest absolute Gasteiger partial charge is 0.341 e. The maximum absolute atomic E-state index is 12.0. The van der Waals surface area contributed by atoms with Crippen LogP contribution in [0.3, 0.4) is 0 Å². The number of carbonyl (C=O) groups excluding carboxylic acids is 1. The highest BCUT2D eigenvalue weighted by atomic mass is 79.9. The van der Waals surface area contributed by atoms with E-state index in [0.29, 0.717) is 25.4 Å². The van der Waals surface area contributed by atoms with Gasteiger partial charge >= 0.3 is 0 Å². The lowest BCUT2D eigenvalue weighted by Gasteiger charge is -2.20. The van der Waals surface area contributed by atoms with Gasteiger partial charge in [0, 0.05) is 24.5 Å². The van der Waals surface area contributed by atoms with E-state index in [4.69, 9.17) is 5.73 Å². The molecule has 0 aliphatic carbocycles. The number of carbonyl (C=O) groups is 1. The van der Waals surface area contributed by atoms with Crippen LogP contribution in [0.15, 0.2) is 28.7 Å². The molecule has 0 bridgehead atoms. The van der Waals surface area contributed by atoms with Crippen molar-refractivity contribution in [3.05, 3.63) is 34.3 Å². The van der Waals surface area contributed by atoms with Crippen LogP contribution >= 0.6 is 15.9 Å². The SMILES string of the molecule is CCC(CN)CC(=O)N(C)Cc1ccc(Br)cc1. The fourth-order valence-electron chi connectivity index (χ4n) is 1.75. The molecule has 0 radical (unpaired) electrons. The van der Waals surface area contributed by atoms with Gasteiger partial charge < -0.3 is 10.6 Å². The van der Waals surface area contributed by atoms with Crippen molar-refractivity contribution >= 4 is 21.8 Å². The van der Waals surface area contributed by atoms with Gasteiger partial charge in [-0.3, -0.25) is 4.79 Å². The average molecular weight is 313 g/mol. The Labute approximate surface area is 117 Å². The van der Waals surface area contributed by atoms with Crippen LogP contribution in [0.5, 0.6) is 0 Å². The molecule has 0 aliphatic rings. The molecule has 1 unspecified atom stereocenters. The summed E-state index contributed by atoms with van der Waals surface area (Å²) in [7, 11) is 1.84. The van der Waals surface area contributed by atoms with Crippen molar-refractivity contribution in [1.29, 1.82) is 0 Å². The summed E-state index contributed by atoms with van der Waals surface area (Å²) >= 11 is 3.40. The number of amides is 1. The molecule has 1 atom stereocenters. The van der Waals surface area contributed by atoms with E-state index in [9.17, 15) is 4.79 Å². The summed E-state index contributed by atoms with van der Waals surface area (Å²) in [4.78, 5) is 13.8. The molecule has 1 aromatic carbocycles. The summed E-state index contributed by atoms with van der Waals surface area (Å²) < 4.78 is 1.05. The van der Waals surface area contributed by atoms with Crippen molar-refractivity contribution in [2.75, 3.05) is 13.6 Å². The summed E-state index contributed by atoms with van der Waals surface area (Å²) in [5.74, 6) is 0.458. The number of benzene rings is 1. The van der Waals surface area contributed by atoms with E-state index in [2.05, 4.69) is 22.9 Å². The predicted molar refractivity (Wildman–Crippen MR) is 78.1 cm³/mol. The lowest BCUT2D eigenvalue weighted by molar-refractivity contribution is -0.131. The molecule has 0 saturated carbocycles. The van der Waals surface area contributed by atoms with Crippen LogP contribution in [-0.4, -0.2) is 24.4 Å². The molecule has 0 aromatic heterocycles. The Morgan fingerprint density at radius 1 is 1.39 bits per heavy atom. The lowest BCUT2D eigenvalue weighted by Crippen LogP contribution is -2.29. The summed E-state index contributed by atoms with van der Waals surface area (Å²) in [5.41, 5.74) is 6.76. The molecular weight excluding hydrogens is 292 g/mol. The predicted octanol–water partition coefficient (Wildman–Crippen LogP) is 2.78. The number of rotatable bonds is 6. The van der Waals surface area contributed by atoms with Gasteiger partial charge in [-0.15, -0.1) is 0 Å². The zero-order chi connectivity index (χ0) is 13.5. The Balaban J connectivity index is 2.51. The zero-order valence-electron chi connectivity index (χ0n) is 11.0. The Morgan fingerprint density at radius 3 is 2.50 bits per heavy atom. The minimum atomic E-state index is 0.162. The number of nitrogens with zero attached hydrogens (tertiary/aromatic N) is 1. The first-order valence-corrected chi connectivity index (χ1v) is 7.04. The van der Waals surface area contributed by atoms with Crippen molar-refractivity contribution in [3.63, 3.8) is 0 Å². The molecule has 4 heteroatoms. The summed E-state index contributed by atoms with van der Waals surface area (Å²) in [5, 5.41) is 0. The topological polar surface area (TPSA) is 46.3 Å². The molecular formula is C14H21BrN2O. The first kappa shape index (κ1) is 15.2. The second-order valence-corrected chi connectivity index (χ2v) is 5.51. The fraction of sp³-hybridized carbons (Fsp3) is 0.500. The molecule has 0 spiro atoms. The lowest BCUT2D eigenvalue weighted by atomic mass is 10.0. The molecule has 2 N–H and O–H groups in total. The van der Waals surface area contributed by atoms with Gasteiger partial charge in [-0.2, -0.15) is 0 Å². The van der Waals surface area contributed by atoms with Gasteiger partial charge in [0.05, 0.1) is 0 Å². The minimum absolute atomic E-state index is 0.162. The van der Waals surface area contributed by atoms with Gasteiger partial charge in [0.15, 0.2) is 0 Å². The van der Waals surface area contributed by atoms with Gasteiger partial charge in [-0.25, -0.2) is 0 Å². The van der Waals surface area contributed by atoms with Crippen molar-refractivity contribution < 1.29 is 4.79 Å². The number of hydrogen-bond acceptors (Lipinski definition) is 2.